The molecule has 0 bridgehead atoms. The maximum absolute atomic E-state index is 12.2. The number of carbonyl (C=O) groups is 1. The molecule has 0 fully saturated rings. The minimum Gasteiger partial charge on any atom is -0.495 e. The molecule has 0 aromatic heterocycles. The first-order valence-electron chi connectivity index (χ1n) is 5.82. The zero-order valence-corrected chi connectivity index (χ0v) is 14.0. The highest BCUT2D eigenvalue weighted by molar-refractivity contribution is 9.10. The Hall–Kier alpha value is -1.43. The Kier molecular flexibility index (Phi) is 4.98. The number of halogens is 3. The maximum Gasteiger partial charge on any atom is 0.255 e. The number of nitrogens with one attached hydrogen (secondary N) is 1. The van der Waals surface area contributed by atoms with Crippen molar-refractivity contribution >= 4 is 56.4 Å². The average molecular weight is 390 g/mol. The standard InChI is InChI=1S/C14H11BrCl2N2O2/c1-21-11-5-2-7(6-9(11)18)14(20)19-10-4-3-8(15)12(16)13(10)17/h2-6H,18H2,1H3,(H,19,20). The molecule has 7 heteroatoms. The van der Waals surface area contributed by atoms with Gasteiger partial charge < -0.3 is 15.8 Å². The summed E-state index contributed by atoms with van der Waals surface area (Å²) in [7, 11) is 1.51. The maximum atomic E-state index is 12.2. The molecule has 110 valence electrons. The number of hydrogen-bond donors (Lipinski definition) is 2. The lowest BCUT2D eigenvalue weighted by Crippen LogP contribution is -2.12. The van der Waals surface area contributed by atoms with E-state index in [9.17, 15) is 4.79 Å². The van der Waals surface area contributed by atoms with E-state index in [1.165, 1.54) is 13.2 Å². The van der Waals surface area contributed by atoms with E-state index in [2.05, 4.69) is 21.2 Å². The molecule has 0 unspecified atom stereocenters. The minimum absolute atomic E-state index is 0.265. The zero-order chi connectivity index (χ0) is 15.6. The highest BCUT2D eigenvalue weighted by Crippen LogP contribution is 2.36. The van der Waals surface area contributed by atoms with Crippen LogP contribution < -0.4 is 15.8 Å². The molecular weight excluding hydrogens is 379 g/mol. The first kappa shape index (κ1) is 15.9. The number of anilines is 2. The van der Waals surface area contributed by atoms with Crippen molar-refractivity contribution in [3.63, 3.8) is 0 Å². The summed E-state index contributed by atoms with van der Waals surface area (Å²) in [5.41, 5.74) is 6.97. The van der Waals surface area contributed by atoms with Crippen LogP contribution in [-0.2, 0) is 0 Å². The number of nitrogen functional groups attached to an aromatic ring is 1. The van der Waals surface area contributed by atoms with Crippen LogP contribution in [0.5, 0.6) is 5.75 Å². The van der Waals surface area contributed by atoms with E-state index >= 15 is 0 Å². The van der Waals surface area contributed by atoms with E-state index < -0.39 is 0 Å². The van der Waals surface area contributed by atoms with Gasteiger partial charge in [-0.15, -0.1) is 0 Å². The second-order valence-corrected chi connectivity index (χ2v) is 5.74. The van der Waals surface area contributed by atoms with E-state index in [1.54, 1.807) is 24.3 Å². The van der Waals surface area contributed by atoms with Gasteiger partial charge in [-0.05, 0) is 46.3 Å². The molecule has 2 aromatic carbocycles. The molecule has 0 aliphatic heterocycles. The monoisotopic (exact) mass is 388 g/mol. The van der Waals surface area contributed by atoms with Crippen molar-refractivity contribution in [1.29, 1.82) is 0 Å². The number of ether oxygens (including phenoxy) is 1. The number of carbonyl (C=O) groups excluding carboxylic acids is 1. The van der Waals surface area contributed by atoms with Gasteiger partial charge in [0, 0.05) is 10.0 Å². The van der Waals surface area contributed by atoms with Crippen LogP contribution >= 0.6 is 39.1 Å². The molecule has 0 saturated carbocycles. The summed E-state index contributed by atoms with van der Waals surface area (Å²) < 4.78 is 5.70. The quantitative estimate of drug-likeness (QED) is 0.595. The van der Waals surface area contributed by atoms with Gasteiger partial charge >= 0.3 is 0 Å². The van der Waals surface area contributed by atoms with E-state index in [4.69, 9.17) is 33.7 Å². The van der Waals surface area contributed by atoms with Crippen LogP contribution in [-0.4, -0.2) is 13.0 Å². The van der Waals surface area contributed by atoms with Gasteiger partial charge in [0.25, 0.3) is 5.91 Å². The highest BCUT2D eigenvalue weighted by Gasteiger charge is 2.13. The number of rotatable bonds is 3. The fourth-order valence-corrected chi connectivity index (χ4v) is 2.51. The Balaban J connectivity index is 2.26. The van der Waals surface area contributed by atoms with Crippen molar-refractivity contribution in [1.82, 2.24) is 0 Å². The van der Waals surface area contributed by atoms with E-state index in [0.29, 0.717) is 32.2 Å². The molecular formula is C14H11BrCl2N2O2. The fourth-order valence-electron chi connectivity index (χ4n) is 1.69. The van der Waals surface area contributed by atoms with Crippen molar-refractivity contribution in [2.75, 3.05) is 18.2 Å². The average Bonchev–Trinajstić information content (AvgIpc) is 2.47. The predicted octanol–water partition coefficient (Wildman–Crippen LogP) is 4.60. The molecule has 1 amide bonds. The first-order valence-corrected chi connectivity index (χ1v) is 7.37. The van der Waals surface area contributed by atoms with Crippen LogP contribution in [0.3, 0.4) is 0 Å². The van der Waals surface area contributed by atoms with E-state index in [1.807, 2.05) is 0 Å². The predicted molar refractivity (Wildman–Crippen MR) is 89.5 cm³/mol. The molecule has 0 aliphatic carbocycles. The van der Waals surface area contributed by atoms with Gasteiger partial charge in [-0.3, -0.25) is 4.79 Å². The summed E-state index contributed by atoms with van der Waals surface area (Å²) in [6.45, 7) is 0. The van der Waals surface area contributed by atoms with Crippen molar-refractivity contribution in [2.24, 2.45) is 0 Å². The van der Waals surface area contributed by atoms with Crippen LogP contribution in [0, 0.1) is 0 Å². The molecule has 0 saturated heterocycles. The Bertz CT molecular complexity index is 708. The van der Waals surface area contributed by atoms with Crippen LogP contribution in [0.25, 0.3) is 0 Å². The molecule has 3 N–H and O–H groups in total. The van der Waals surface area contributed by atoms with Gasteiger partial charge in [-0.2, -0.15) is 0 Å². The van der Waals surface area contributed by atoms with Crippen LogP contribution in [0.2, 0.25) is 10.0 Å². The number of methoxy groups -OCH3 is 1. The van der Waals surface area contributed by atoms with Crippen molar-refractivity contribution < 1.29 is 9.53 Å². The van der Waals surface area contributed by atoms with Gasteiger partial charge in [0.15, 0.2) is 0 Å². The van der Waals surface area contributed by atoms with Crippen LogP contribution in [0.1, 0.15) is 10.4 Å². The molecule has 2 aromatic rings. The summed E-state index contributed by atoms with van der Waals surface area (Å²) in [5, 5.41) is 3.29. The van der Waals surface area contributed by atoms with Gasteiger partial charge in [0.1, 0.15) is 5.75 Å². The summed E-state index contributed by atoms with van der Waals surface area (Å²) >= 11 is 15.4. The summed E-state index contributed by atoms with van der Waals surface area (Å²) in [4.78, 5) is 12.2. The lowest BCUT2D eigenvalue weighted by atomic mass is 10.1. The molecule has 4 nitrogen and oxygen atoms in total. The normalized spacial score (nSPS) is 10.3. The Labute approximate surface area is 140 Å². The number of nitrogens with two attached hydrogens (primary N) is 1. The molecule has 0 radical (unpaired) electrons. The van der Waals surface area contributed by atoms with E-state index in [0.717, 1.165) is 0 Å². The highest BCUT2D eigenvalue weighted by atomic mass is 79.9. The molecule has 2 rings (SSSR count). The summed E-state index contributed by atoms with van der Waals surface area (Å²) in [6, 6.07) is 8.12. The number of benzene rings is 2. The molecule has 0 spiro atoms. The van der Waals surface area contributed by atoms with Gasteiger partial charge in [0.2, 0.25) is 0 Å². The zero-order valence-electron chi connectivity index (χ0n) is 10.9. The third-order valence-electron chi connectivity index (χ3n) is 2.78. The molecule has 0 atom stereocenters. The second-order valence-electron chi connectivity index (χ2n) is 4.13. The van der Waals surface area contributed by atoms with Crippen LogP contribution in [0.15, 0.2) is 34.8 Å². The SMILES string of the molecule is COc1ccc(C(=O)Nc2ccc(Br)c(Cl)c2Cl)cc1N. The van der Waals surface area contributed by atoms with Crippen molar-refractivity contribution in [3.8, 4) is 5.75 Å². The minimum atomic E-state index is -0.343. The summed E-state index contributed by atoms with van der Waals surface area (Å²) in [6.07, 6.45) is 0. The number of amides is 1. The Morgan fingerprint density at radius 1 is 1.24 bits per heavy atom. The molecule has 21 heavy (non-hydrogen) atoms. The number of hydrogen-bond acceptors (Lipinski definition) is 3. The lowest BCUT2D eigenvalue weighted by molar-refractivity contribution is 0.102. The topological polar surface area (TPSA) is 64.3 Å². The van der Waals surface area contributed by atoms with Gasteiger partial charge in [0.05, 0.1) is 28.5 Å². The largest absolute Gasteiger partial charge is 0.495 e. The smallest absolute Gasteiger partial charge is 0.255 e. The van der Waals surface area contributed by atoms with Crippen molar-refractivity contribution in [2.45, 2.75) is 0 Å². The van der Waals surface area contributed by atoms with Crippen molar-refractivity contribution in [3.05, 3.63) is 50.4 Å². The van der Waals surface area contributed by atoms with Gasteiger partial charge in [-0.1, -0.05) is 23.2 Å². The second kappa shape index (κ2) is 6.56. The first-order chi connectivity index (χ1) is 9.93. The Morgan fingerprint density at radius 3 is 2.57 bits per heavy atom. The molecule has 0 aliphatic rings. The fraction of sp³-hybridized carbons (Fsp3) is 0.0714. The van der Waals surface area contributed by atoms with E-state index in [-0.39, 0.29) is 10.9 Å². The lowest BCUT2D eigenvalue weighted by Gasteiger charge is -2.10. The Morgan fingerprint density at radius 2 is 1.95 bits per heavy atom. The third kappa shape index (κ3) is 3.43. The summed E-state index contributed by atoms with van der Waals surface area (Å²) in [5.74, 6) is 0.168. The van der Waals surface area contributed by atoms with Crippen LogP contribution in [0.4, 0.5) is 11.4 Å². The molecule has 0 heterocycles. The van der Waals surface area contributed by atoms with Gasteiger partial charge in [-0.25, -0.2) is 0 Å². The third-order valence-corrected chi connectivity index (χ3v) is 4.55.